The number of nitrogens with one attached hydrogen (secondary N) is 1. The van der Waals surface area contributed by atoms with Crippen LogP contribution in [0.1, 0.15) is 39.1 Å². The van der Waals surface area contributed by atoms with Gasteiger partial charge in [0.2, 0.25) is 5.78 Å². The van der Waals surface area contributed by atoms with Gasteiger partial charge in [-0.2, -0.15) is 0 Å². The van der Waals surface area contributed by atoms with Gasteiger partial charge in [0.05, 0.1) is 5.56 Å². The third-order valence-electron chi connectivity index (χ3n) is 5.04. The lowest BCUT2D eigenvalue weighted by Gasteiger charge is -2.09. The van der Waals surface area contributed by atoms with Gasteiger partial charge in [-0.25, -0.2) is 4.79 Å². The third kappa shape index (κ3) is 8.09. The molecule has 2 N–H and O–H groups in total. The molecule has 0 aliphatic rings. The van der Waals surface area contributed by atoms with Crippen molar-refractivity contribution in [1.29, 1.82) is 0 Å². The number of aryl methyl sites for hydroxylation is 1. The van der Waals surface area contributed by atoms with E-state index in [1.54, 1.807) is 24.3 Å². The molecular formula is C27H27NO6. The molecule has 34 heavy (non-hydrogen) atoms. The zero-order valence-corrected chi connectivity index (χ0v) is 18.7. The van der Waals surface area contributed by atoms with Crippen molar-refractivity contribution in [2.24, 2.45) is 0 Å². The van der Waals surface area contributed by atoms with E-state index in [0.717, 1.165) is 19.3 Å². The highest BCUT2D eigenvalue weighted by Gasteiger charge is 2.08. The quantitative estimate of drug-likeness (QED) is 0.371. The molecule has 7 nitrogen and oxygen atoms in total. The number of ether oxygens (including phenoxy) is 2. The number of carboxylic acids is 1. The molecule has 0 atom stereocenters. The summed E-state index contributed by atoms with van der Waals surface area (Å²) in [6.07, 6.45) is 2.89. The molecule has 0 radical (unpaired) electrons. The number of ketones is 1. The van der Waals surface area contributed by atoms with Crippen LogP contribution in [0.4, 0.5) is 0 Å². The molecule has 0 fully saturated rings. The Bertz CT molecular complexity index is 1080. The number of hydrogen-bond acceptors (Lipinski definition) is 5. The maximum Gasteiger partial charge on any atom is 0.335 e. The van der Waals surface area contributed by atoms with Gasteiger partial charge in [-0.3, -0.25) is 9.59 Å². The zero-order valence-electron chi connectivity index (χ0n) is 18.7. The number of Topliss-reactive ketones (excluding diaryl/α,β-unsaturated/α-hetero) is 1. The molecule has 3 rings (SSSR count). The van der Waals surface area contributed by atoms with E-state index in [4.69, 9.17) is 14.6 Å². The van der Waals surface area contributed by atoms with Crippen molar-refractivity contribution in [3.63, 3.8) is 0 Å². The largest absolute Gasteiger partial charge is 0.486 e. The van der Waals surface area contributed by atoms with E-state index in [1.807, 2.05) is 18.2 Å². The van der Waals surface area contributed by atoms with Gasteiger partial charge in [0.25, 0.3) is 5.91 Å². The number of benzene rings is 3. The second-order valence-electron chi connectivity index (χ2n) is 7.67. The van der Waals surface area contributed by atoms with Crippen LogP contribution >= 0.6 is 0 Å². The summed E-state index contributed by atoms with van der Waals surface area (Å²) in [4.78, 5) is 35.1. The zero-order chi connectivity index (χ0) is 24.2. The number of amides is 1. The van der Waals surface area contributed by atoms with Gasteiger partial charge in [-0.15, -0.1) is 0 Å². The third-order valence-corrected chi connectivity index (χ3v) is 5.04. The molecule has 0 unspecified atom stereocenters. The fourth-order valence-corrected chi connectivity index (χ4v) is 3.17. The van der Waals surface area contributed by atoms with Crippen molar-refractivity contribution in [2.75, 3.05) is 19.8 Å². The molecule has 1 amide bonds. The molecule has 0 heterocycles. The summed E-state index contributed by atoms with van der Waals surface area (Å²) in [5.41, 5.74) is 1.96. The summed E-state index contributed by atoms with van der Waals surface area (Å²) >= 11 is 0. The van der Waals surface area contributed by atoms with Crippen LogP contribution in [-0.2, 0) is 11.2 Å². The Kier molecular flexibility index (Phi) is 9.22. The van der Waals surface area contributed by atoms with Gasteiger partial charge >= 0.3 is 5.97 Å². The van der Waals surface area contributed by atoms with Gasteiger partial charge in [0.15, 0.2) is 0 Å². The van der Waals surface area contributed by atoms with E-state index < -0.39 is 5.97 Å². The summed E-state index contributed by atoms with van der Waals surface area (Å²) < 4.78 is 10.8. The molecule has 7 heteroatoms. The fraction of sp³-hybridized carbons (Fsp3) is 0.222. The maximum atomic E-state index is 12.3. The molecule has 3 aromatic rings. The number of aromatic carboxylic acids is 1. The molecule has 3 aromatic carbocycles. The van der Waals surface area contributed by atoms with Gasteiger partial charge < -0.3 is 19.9 Å². The molecule has 0 bridgehead atoms. The fourth-order valence-electron chi connectivity index (χ4n) is 3.17. The van der Waals surface area contributed by atoms with Crippen molar-refractivity contribution in [3.05, 3.63) is 95.6 Å². The minimum Gasteiger partial charge on any atom is -0.486 e. The second-order valence-corrected chi connectivity index (χ2v) is 7.67. The molecular weight excluding hydrogens is 434 g/mol. The highest BCUT2D eigenvalue weighted by molar-refractivity contribution is 5.94. The van der Waals surface area contributed by atoms with Crippen LogP contribution in [0.25, 0.3) is 0 Å². The van der Waals surface area contributed by atoms with Crippen LogP contribution < -0.4 is 14.8 Å². The Morgan fingerprint density at radius 3 is 1.82 bits per heavy atom. The van der Waals surface area contributed by atoms with Crippen molar-refractivity contribution in [2.45, 2.75) is 19.3 Å². The Morgan fingerprint density at radius 2 is 1.26 bits per heavy atom. The lowest BCUT2D eigenvalue weighted by molar-refractivity contribution is -0.123. The highest BCUT2D eigenvalue weighted by atomic mass is 16.5. The maximum absolute atomic E-state index is 12.3. The summed E-state index contributed by atoms with van der Waals surface area (Å²) in [5, 5.41) is 11.8. The van der Waals surface area contributed by atoms with Crippen molar-refractivity contribution >= 4 is 17.7 Å². The molecule has 0 aromatic heterocycles. The van der Waals surface area contributed by atoms with E-state index in [0.29, 0.717) is 23.6 Å². The normalized spacial score (nSPS) is 10.4. The van der Waals surface area contributed by atoms with Crippen molar-refractivity contribution < 1.29 is 29.0 Å². The number of hydrogen-bond donors (Lipinski definition) is 2. The van der Waals surface area contributed by atoms with Gasteiger partial charge in [0, 0.05) is 12.1 Å². The van der Waals surface area contributed by atoms with Crippen LogP contribution in [0.15, 0.2) is 78.9 Å². The van der Waals surface area contributed by atoms with Gasteiger partial charge in [-0.1, -0.05) is 30.3 Å². The first-order valence-electron chi connectivity index (χ1n) is 11.0. The summed E-state index contributed by atoms with van der Waals surface area (Å²) in [7, 11) is 0. The minimum absolute atomic E-state index is 0.141. The lowest BCUT2D eigenvalue weighted by atomic mass is 10.1. The number of carboxylic acid groups (broad SMARTS) is 1. The minimum atomic E-state index is -1.03. The molecule has 0 saturated carbocycles. The standard InChI is InChI=1S/C27H27NO6/c29-23(19-34-25-15-11-22(12-16-25)27(31)32)18-33-24-13-9-21(10-14-24)26(30)28-17-5-4-8-20-6-2-1-3-7-20/h1-3,6-7,9-16H,4-5,8,17-19H2,(H,28,30)(H,31,32). The predicted molar refractivity (Wildman–Crippen MR) is 128 cm³/mol. The van der Waals surface area contributed by atoms with E-state index >= 15 is 0 Å². The Morgan fingerprint density at radius 1 is 0.706 bits per heavy atom. The predicted octanol–water partition coefficient (Wildman–Crippen LogP) is 4.16. The number of carbonyl (C=O) groups excluding carboxylic acids is 2. The number of carbonyl (C=O) groups is 3. The van der Waals surface area contributed by atoms with Crippen molar-refractivity contribution in [3.8, 4) is 11.5 Å². The van der Waals surface area contributed by atoms with Gasteiger partial charge in [0.1, 0.15) is 24.7 Å². The topological polar surface area (TPSA) is 102 Å². The average Bonchev–Trinajstić information content (AvgIpc) is 2.87. The lowest BCUT2D eigenvalue weighted by Crippen LogP contribution is -2.24. The van der Waals surface area contributed by atoms with E-state index in [9.17, 15) is 14.4 Å². The monoisotopic (exact) mass is 461 g/mol. The Labute approximate surface area is 198 Å². The first-order valence-corrected chi connectivity index (χ1v) is 11.0. The van der Waals surface area contributed by atoms with E-state index in [1.165, 1.54) is 29.8 Å². The SMILES string of the molecule is O=C(COc1ccc(C(=O)O)cc1)COc1ccc(C(=O)NCCCCc2ccccc2)cc1. The van der Waals surface area contributed by atoms with Crippen LogP contribution in [0, 0.1) is 0 Å². The van der Waals surface area contributed by atoms with Crippen molar-refractivity contribution in [1.82, 2.24) is 5.32 Å². The van der Waals surface area contributed by atoms with Crippen LogP contribution in [0.2, 0.25) is 0 Å². The van der Waals surface area contributed by atoms with E-state index in [-0.39, 0.29) is 30.5 Å². The molecule has 0 saturated heterocycles. The molecule has 0 aliphatic heterocycles. The summed E-state index contributed by atoms with van der Waals surface area (Å²) in [6, 6.07) is 22.6. The van der Waals surface area contributed by atoms with Crippen LogP contribution in [0.5, 0.6) is 11.5 Å². The van der Waals surface area contributed by atoms with Crippen LogP contribution in [-0.4, -0.2) is 42.5 Å². The van der Waals surface area contributed by atoms with Crippen LogP contribution in [0.3, 0.4) is 0 Å². The van der Waals surface area contributed by atoms with E-state index in [2.05, 4.69) is 17.4 Å². The summed E-state index contributed by atoms with van der Waals surface area (Å²) in [6.45, 7) is 0.231. The molecule has 176 valence electrons. The highest BCUT2D eigenvalue weighted by Crippen LogP contribution is 2.14. The first kappa shape index (κ1) is 24.5. The average molecular weight is 462 g/mol. The first-order chi connectivity index (χ1) is 16.5. The molecule has 0 aliphatic carbocycles. The molecule has 0 spiro atoms. The van der Waals surface area contributed by atoms with Gasteiger partial charge in [-0.05, 0) is 73.4 Å². The summed E-state index contributed by atoms with van der Waals surface area (Å²) in [5.74, 6) is -0.588. The Balaban J connectivity index is 1.33. The second kappa shape index (κ2) is 12.8. The Hall–Kier alpha value is -4.13. The number of unbranched alkanes of at least 4 members (excludes halogenated alkanes) is 1. The number of rotatable bonds is 13. The smallest absolute Gasteiger partial charge is 0.335 e.